The number of nitrogens with two attached hydrogens (primary N) is 2. The Morgan fingerprint density at radius 3 is 2.65 bits per heavy atom. The molecule has 6 heteroatoms. The van der Waals surface area contributed by atoms with Crippen LogP contribution in [0.5, 0.6) is 0 Å². The predicted molar refractivity (Wildman–Crippen MR) is 77.2 cm³/mol. The van der Waals surface area contributed by atoms with Gasteiger partial charge in [-0.25, -0.2) is 0 Å². The smallest absolute Gasteiger partial charge is 0.261 e. The third-order valence-electron chi connectivity index (χ3n) is 2.50. The molecule has 4 N–H and O–H groups in total. The van der Waals surface area contributed by atoms with Crippen LogP contribution in [-0.4, -0.2) is 25.8 Å². The summed E-state index contributed by atoms with van der Waals surface area (Å²) in [5, 5.41) is 1.04. The first kappa shape index (κ1) is 14.2. The summed E-state index contributed by atoms with van der Waals surface area (Å²) in [5.41, 5.74) is 11.8. The number of anilines is 2. The number of hydrogen-bond donors (Lipinski definition) is 2. The number of hydrogen-bond acceptors (Lipinski definition) is 5. The topological polar surface area (TPSA) is 72.3 Å². The normalized spacial score (nSPS) is 10.5. The van der Waals surface area contributed by atoms with Crippen molar-refractivity contribution in [2.45, 2.75) is 24.7 Å². The highest BCUT2D eigenvalue weighted by atomic mass is 32.2. The molecule has 0 unspecified atom stereocenters. The van der Waals surface area contributed by atoms with E-state index in [1.165, 1.54) is 11.3 Å². The molecule has 0 saturated heterocycles. The van der Waals surface area contributed by atoms with Crippen molar-refractivity contribution in [2.24, 2.45) is 5.73 Å². The molecular weight excluding hydrogens is 254 g/mol. The van der Waals surface area contributed by atoms with Gasteiger partial charge >= 0.3 is 0 Å². The van der Waals surface area contributed by atoms with Gasteiger partial charge in [0.05, 0.1) is 10.6 Å². The number of amides is 1. The van der Waals surface area contributed by atoms with Crippen molar-refractivity contribution < 1.29 is 4.79 Å². The Bertz CT molecular complexity index is 404. The van der Waals surface area contributed by atoms with E-state index in [0.717, 1.165) is 29.3 Å². The average Bonchev–Trinajstić information content (AvgIpc) is 2.63. The molecule has 0 atom stereocenters. The Kier molecular flexibility index (Phi) is 5.14. The third-order valence-corrected chi connectivity index (χ3v) is 4.79. The lowest BCUT2D eigenvalue weighted by Gasteiger charge is -2.18. The number of thiophene rings is 1. The van der Waals surface area contributed by atoms with Gasteiger partial charge in [0.25, 0.3) is 5.91 Å². The van der Waals surface area contributed by atoms with Crippen molar-refractivity contribution in [3.8, 4) is 0 Å². The van der Waals surface area contributed by atoms with Crippen molar-refractivity contribution in [3.63, 3.8) is 0 Å². The van der Waals surface area contributed by atoms with Gasteiger partial charge in [0.2, 0.25) is 0 Å². The van der Waals surface area contributed by atoms with E-state index < -0.39 is 5.91 Å². The molecule has 0 fully saturated rings. The van der Waals surface area contributed by atoms with Gasteiger partial charge in [0, 0.05) is 13.6 Å². The fraction of sp³-hybridized carbons (Fsp3) is 0.545. The van der Waals surface area contributed by atoms with E-state index in [9.17, 15) is 4.79 Å². The van der Waals surface area contributed by atoms with E-state index in [-0.39, 0.29) is 0 Å². The third kappa shape index (κ3) is 3.07. The van der Waals surface area contributed by atoms with Gasteiger partial charge in [0.15, 0.2) is 0 Å². The molecule has 1 aromatic rings. The molecule has 0 aliphatic heterocycles. The molecular formula is C11H19N3OS2. The quantitative estimate of drug-likeness (QED) is 0.781. The summed E-state index contributed by atoms with van der Waals surface area (Å²) in [6.45, 7) is 3.11. The van der Waals surface area contributed by atoms with Crippen LogP contribution >= 0.6 is 23.1 Å². The molecule has 0 saturated carbocycles. The summed E-state index contributed by atoms with van der Waals surface area (Å²) in [6, 6.07) is 0. The van der Waals surface area contributed by atoms with Crippen LogP contribution in [0.4, 0.5) is 10.7 Å². The lowest BCUT2D eigenvalue weighted by atomic mass is 10.3. The molecule has 0 spiro atoms. The molecule has 96 valence electrons. The monoisotopic (exact) mass is 273 g/mol. The van der Waals surface area contributed by atoms with E-state index >= 15 is 0 Å². The number of nitrogen functional groups attached to an aromatic ring is 1. The Hall–Kier alpha value is -0.880. The van der Waals surface area contributed by atoms with Crippen molar-refractivity contribution in [2.75, 3.05) is 30.5 Å². The number of thioether (sulfide) groups is 1. The van der Waals surface area contributed by atoms with Crippen molar-refractivity contribution in [3.05, 3.63) is 4.88 Å². The highest BCUT2D eigenvalue weighted by Gasteiger charge is 2.20. The zero-order valence-electron chi connectivity index (χ0n) is 10.4. The molecule has 0 aliphatic carbocycles. The molecule has 1 aromatic heterocycles. The number of primary amides is 1. The standard InChI is InChI=1S/C11H19N3OS2/c1-4-5-6-14(2)11-9(16-3)7(12)8(17-11)10(13)15/h4-6,12H2,1-3H3,(H2,13,15). The fourth-order valence-corrected chi connectivity index (χ4v) is 3.59. The van der Waals surface area contributed by atoms with E-state index in [1.54, 1.807) is 11.8 Å². The maximum absolute atomic E-state index is 11.3. The van der Waals surface area contributed by atoms with E-state index in [2.05, 4.69) is 11.8 Å². The van der Waals surface area contributed by atoms with Crippen molar-refractivity contribution >= 4 is 39.7 Å². The van der Waals surface area contributed by atoms with Gasteiger partial charge in [-0.2, -0.15) is 0 Å². The van der Waals surface area contributed by atoms with Crippen LogP contribution in [0.25, 0.3) is 0 Å². The van der Waals surface area contributed by atoms with Crippen LogP contribution in [0.2, 0.25) is 0 Å². The minimum atomic E-state index is -0.446. The van der Waals surface area contributed by atoms with E-state index in [1.807, 2.05) is 13.3 Å². The van der Waals surface area contributed by atoms with Gasteiger partial charge < -0.3 is 16.4 Å². The van der Waals surface area contributed by atoms with Gasteiger partial charge in [-0.15, -0.1) is 23.1 Å². The van der Waals surface area contributed by atoms with Gasteiger partial charge in [0.1, 0.15) is 9.88 Å². The largest absolute Gasteiger partial charge is 0.396 e. The van der Waals surface area contributed by atoms with Gasteiger partial charge in [-0.05, 0) is 12.7 Å². The molecule has 1 amide bonds. The lowest BCUT2D eigenvalue weighted by Crippen LogP contribution is -2.17. The molecule has 17 heavy (non-hydrogen) atoms. The highest BCUT2D eigenvalue weighted by Crippen LogP contribution is 2.43. The Morgan fingerprint density at radius 2 is 2.18 bits per heavy atom. The van der Waals surface area contributed by atoms with Crippen LogP contribution in [0, 0.1) is 0 Å². The molecule has 0 bridgehead atoms. The van der Waals surface area contributed by atoms with Crippen LogP contribution in [0.15, 0.2) is 4.90 Å². The average molecular weight is 273 g/mol. The van der Waals surface area contributed by atoms with E-state index in [0.29, 0.717) is 10.6 Å². The molecule has 0 radical (unpaired) electrons. The molecule has 1 heterocycles. The first-order valence-electron chi connectivity index (χ1n) is 5.50. The number of carbonyl (C=O) groups is 1. The SMILES string of the molecule is CCCCN(C)c1sc(C(N)=O)c(N)c1SC. The Morgan fingerprint density at radius 1 is 1.53 bits per heavy atom. The Labute approximate surface area is 110 Å². The van der Waals surface area contributed by atoms with Crippen molar-refractivity contribution in [1.29, 1.82) is 0 Å². The summed E-state index contributed by atoms with van der Waals surface area (Å²) in [4.78, 5) is 14.8. The van der Waals surface area contributed by atoms with Crippen LogP contribution in [0.3, 0.4) is 0 Å². The van der Waals surface area contributed by atoms with Crippen molar-refractivity contribution in [1.82, 2.24) is 0 Å². The van der Waals surface area contributed by atoms with Crippen LogP contribution in [-0.2, 0) is 0 Å². The first-order chi connectivity index (χ1) is 8.02. The summed E-state index contributed by atoms with van der Waals surface area (Å²) in [6.07, 6.45) is 4.22. The number of rotatable bonds is 6. The second kappa shape index (κ2) is 6.16. The lowest BCUT2D eigenvalue weighted by molar-refractivity contribution is 0.100. The Balaban J connectivity index is 3.06. The summed E-state index contributed by atoms with van der Waals surface area (Å²) in [7, 11) is 2.02. The predicted octanol–water partition coefficient (Wildman–Crippen LogP) is 2.39. The molecule has 0 aliphatic rings. The van der Waals surface area contributed by atoms with Gasteiger partial charge in [-0.1, -0.05) is 13.3 Å². The molecule has 4 nitrogen and oxygen atoms in total. The van der Waals surface area contributed by atoms with Gasteiger partial charge in [-0.3, -0.25) is 4.79 Å². The minimum absolute atomic E-state index is 0.446. The molecule has 1 rings (SSSR count). The summed E-state index contributed by atoms with van der Waals surface area (Å²) in [5.74, 6) is -0.446. The number of carbonyl (C=O) groups excluding carboxylic acids is 1. The molecule has 0 aromatic carbocycles. The second-order valence-electron chi connectivity index (χ2n) is 3.82. The maximum atomic E-state index is 11.3. The highest BCUT2D eigenvalue weighted by molar-refractivity contribution is 7.99. The zero-order valence-corrected chi connectivity index (χ0v) is 12.1. The zero-order chi connectivity index (χ0) is 13.0. The fourth-order valence-electron chi connectivity index (χ4n) is 1.54. The first-order valence-corrected chi connectivity index (χ1v) is 7.54. The van der Waals surface area contributed by atoms with Crippen LogP contribution < -0.4 is 16.4 Å². The van der Waals surface area contributed by atoms with E-state index in [4.69, 9.17) is 11.5 Å². The maximum Gasteiger partial charge on any atom is 0.261 e. The minimum Gasteiger partial charge on any atom is -0.396 e. The van der Waals surface area contributed by atoms with Crippen LogP contribution in [0.1, 0.15) is 29.4 Å². The number of unbranched alkanes of at least 4 members (excludes halogenated alkanes) is 1. The summed E-state index contributed by atoms with van der Waals surface area (Å²) < 4.78 is 0. The summed E-state index contributed by atoms with van der Waals surface area (Å²) >= 11 is 2.94. The second-order valence-corrected chi connectivity index (χ2v) is 5.64. The number of nitrogens with zero attached hydrogens (tertiary/aromatic N) is 1.